The number of carbonyl (C=O) groups is 1. The van der Waals surface area contributed by atoms with Crippen LogP contribution in [-0.4, -0.2) is 97.2 Å². The topological polar surface area (TPSA) is 135 Å². The largest absolute Gasteiger partial charge is 0.461 e. The van der Waals surface area contributed by atoms with Crippen LogP contribution in [0.2, 0.25) is 5.02 Å². The number of halogens is 6. The van der Waals surface area contributed by atoms with Crippen molar-refractivity contribution in [1.82, 2.24) is 29.5 Å². The summed E-state index contributed by atoms with van der Waals surface area (Å²) in [6, 6.07) is 1.57. The van der Waals surface area contributed by atoms with Gasteiger partial charge < -0.3 is 30.1 Å². The van der Waals surface area contributed by atoms with Crippen molar-refractivity contribution in [3.05, 3.63) is 56.7 Å². The number of β-amino-alcohol motifs (C(OH)–C–C–N with tert-alkyl or cyclic N) is 1. The Morgan fingerprint density at radius 2 is 1.98 bits per heavy atom. The zero-order chi connectivity index (χ0) is 36.7. The lowest BCUT2D eigenvalue weighted by Gasteiger charge is -2.43. The number of nitrogens with zero attached hydrogens (tertiary/aromatic N) is 7. The zero-order valence-corrected chi connectivity index (χ0v) is 29.1. The van der Waals surface area contributed by atoms with Gasteiger partial charge in [0.1, 0.15) is 18.6 Å². The van der Waals surface area contributed by atoms with Gasteiger partial charge in [-0.3, -0.25) is 14.4 Å². The van der Waals surface area contributed by atoms with E-state index < -0.39 is 58.1 Å². The Kier molecular flexibility index (Phi) is 8.58. The van der Waals surface area contributed by atoms with E-state index in [1.54, 1.807) is 11.6 Å². The van der Waals surface area contributed by atoms with Crippen LogP contribution in [0.15, 0.2) is 12.1 Å². The minimum absolute atomic E-state index is 0.0495. The fourth-order valence-corrected chi connectivity index (χ4v) is 8.71. The van der Waals surface area contributed by atoms with Crippen LogP contribution in [0.1, 0.15) is 77.3 Å². The molecule has 12 nitrogen and oxygen atoms in total. The number of aromatic nitrogens is 4. The zero-order valence-electron chi connectivity index (χ0n) is 28.4. The standard InChI is InChI=1S/C34H38ClF5N8O4/c1-32(50)15-46(16-32)30(49)28-26(35)23-13-45(7-3-9-48(23)44-28)29-19-14-51-24(25-20(34(38,39)40)4-5-21(41)27(25)37)10-22(19)42-31(43-29)52-17-33-6-2-8-47(33)12-18(36)11-33/h4-5,18,24,50H,2-3,6-17,41H2,1H3/t18-,24+,33+/m1/s1. The molecule has 0 aliphatic carbocycles. The van der Waals surface area contributed by atoms with Gasteiger partial charge in [0.05, 0.1) is 71.1 Å². The SMILES string of the molecule is CC1(O)CN(C(=O)c2nn3c(c2Cl)CN(c2nc(OC[C@@]45CCCN4C[C@H](F)C5)nc4c2CO[C@H](c2c(C(F)(F)F)ccc(N)c2F)C4)CCC3)C1. The molecule has 5 aliphatic heterocycles. The van der Waals surface area contributed by atoms with Gasteiger partial charge in [-0.15, -0.1) is 0 Å². The maximum Gasteiger partial charge on any atom is 0.416 e. The molecule has 3 aromatic rings. The maximum atomic E-state index is 15.4. The van der Waals surface area contributed by atoms with Crippen LogP contribution in [0.5, 0.6) is 6.01 Å². The Bertz CT molecular complexity index is 1920. The van der Waals surface area contributed by atoms with Crippen molar-refractivity contribution in [2.24, 2.45) is 0 Å². The molecule has 3 saturated heterocycles. The highest BCUT2D eigenvalue weighted by Crippen LogP contribution is 2.44. The lowest BCUT2D eigenvalue weighted by Crippen LogP contribution is -2.61. The molecule has 8 rings (SSSR count). The normalized spacial score (nSPS) is 25.7. The lowest BCUT2D eigenvalue weighted by molar-refractivity contribution is -0.140. The van der Waals surface area contributed by atoms with Crippen molar-refractivity contribution in [1.29, 1.82) is 0 Å². The van der Waals surface area contributed by atoms with E-state index in [1.807, 2.05) is 4.90 Å². The van der Waals surface area contributed by atoms with Crippen molar-refractivity contribution in [2.45, 2.75) is 88.3 Å². The molecular weight excluding hydrogens is 715 g/mol. The average molecular weight is 753 g/mol. The molecule has 0 radical (unpaired) electrons. The van der Waals surface area contributed by atoms with Crippen LogP contribution < -0.4 is 15.4 Å². The third-order valence-corrected chi connectivity index (χ3v) is 11.3. The van der Waals surface area contributed by atoms with E-state index in [0.29, 0.717) is 55.2 Å². The van der Waals surface area contributed by atoms with Crippen LogP contribution >= 0.6 is 11.6 Å². The fourth-order valence-electron chi connectivity index (χ4n) is 8.43. The highest BCUT2D eigenvalue weighted by molar-refractivity contribution is 6.34. The molecular formula is C34H38ClF5N8O4. The van der Waals surface area contributed by atoms with Gasteiger partial charge in [0.2, 0.25) is 0 Å². The maximum absolute atomic E-state index is 15.4. The second kappa shape index (κ2) is 12.7. The Labute approximate surface area is 300 Å². The quantitative estimate of drug-likeness (QED) is 0.275. The van der Waals surface area contributed by atoms with Gasteiger partial charge in [0, 0.05) is 43.6 Å². The number of nitrogens with two attached hydrogens (primary N) is 1. The van der Waals surface area contributed by atoms with Crippen LogP contribution in [-0.2, 0) is 37.0 Å². The number of amides is 1. The number of aliphatic hydroxyl groups is 1. The van der Waals surface area contributed by atoms with Crippen molar-refractivity contribution in [3.63, 3.8) is 0 Å². The molecule has 0 bridgehead atoms. The van der Waals surface area contributed by atoms with Gasteiger partial charge in [-0.25, -0.2) is 8.78 Å². The monoisotopic (exact) mass is 752 g/mol. The Balaban J connectivity index is 1.15. The number of rotatable bonds is 6. The average Bonchev–Trinajstić information content (AvgIpc) is 3.64. The van der Waals surface area contributed by atoms with Crippen molar-refractivity contribution in [2.75, 3.05) is 50.0 Å². The molecule has 2 aromatic heterocycles. The predicted molar refractivity (Wildman–Crippen MR) is 177 cm³/mol. The molecule has 7 heterocycles. The first-order valence-electron chi connectivity index (χ1n) is 17.3. The van der Waals surface area contributed by atoms with Crippen molar-refractivity contribution >= 4 is 29.0 Å². The van der Waals surface area contributed by atoms with E-state index in [2.05, 4.69) is 15.0 Å². The molecule has 3 fully saturated rings. The summed E-state index contributed by atoms with van der Waals surface area (Å²) < 4.78 is 86.1. The third kappa shape index (κ3) is 6.12. The molecule has 5 aliphatic rings. The molecule has 1 amide bonds. The molecule has 18 heteroatoms. The van der Waals surface area contributed by atoms with E-state index in [9.17, 15) is 27.5 Å². The predicted octanol–water partition coefficient (Wildman–Crippen LogP) is 4.45. The second-order valence-electron chi connectivity index (χ2n) is 14.8. The number of anilines is 2. The lowest BCUT2D eigenvalue weighted by atomic mass is 9.94. The number of ether oxygens (including phenoxy) is 2. The van der Waals surface area contributed by atoms with E-state index in [1.165, 1.54) is 4.90 Å². The number of likely N-dealkylation sites (tertiary alicyclic amines) is 1. The highest BCUT2D eigenvalue weighted by atomic mass is 35.5. The summed E-state index contributed by atoms with van der Waals surface area (Å²) in [6.45, 7) is 3.92. The number of alkyl halides is 4. The minimum atomic E-state index is -4.87. The Hall–Kier alpha value is -3.80. The smallest absolute Gasteiger partial charge is 0.416 e. The van der Waals surface area contributed by atoms with Gasteiger partial charge in [-0.2, -0.15) is 28.2 Å². The summed E-state index contributed by atoms with van der Waals surface area (Å²) in [5.74, 6) is -1.22. The Morgan fingerprint density at radius 1 is 1.19 bits per heavy atom. The van der Waals surface area contributed by atoms with Gasteiger partial charge >= 0.3 is 12.2 Å². The number of benzene rings is 1. The van der Waals surface area contributed by atoms with Crippen LogP contribution in [0.3, 0.4) is 0 Å². The van der Waals surface area contributed by atoms with E-state index >= 15 is 4.39 Å². The summed E-state index contributed by atoms with van der Waals surface area (Å²) >= 11 is 6.81. The Morgan fingerprint density at radius 3 is 2.73 bits per heavy atom. The van der Waals surface area contributed by atoms with Crippen molar-refractivity contribution < 1.29 is 41.3 Å². The number of nitrogen functional groups attached to an aromatic ring is 1. The van der Waals surface area contributed by atoms with Crippen LogP contribution in [0, 0.1) is 5.82 Å². The minimum Gasteiger partial charge on any atom is -0.461 e. The fraction of sp³-hybridized carbons (Fsp3) is 0.588. The van der Waals surface area contributed by atoms with Crippen LogP contribution in [0.25, 0.3) is 0 Å². The van der Waals surface area contributed by atoms with E-state index in [4.69, 9.17) is 31.8 Å². The van der Waals surface area contributed by atoms with Gasteiger partial charge in [-0.1, -0.05) is 11.6 Å². The summed E-state index contributed by atoms with van der Waals surface area (Å²) in [5.41, 5.74) is 3.31. The highest BCUT2D eigenvalue weighted by Gasteiger charge is 2.50. The van der Waals surface area contributed by atoms with Gasteiger partial charge in [0.25, 0.3) is 5.91 Å². The molecule has 0 saturated carbocycles. The summed E-state index contributed by atoms with van der Waals surface area (Å²) in [5, 5.41) is 14.8. The van der Waals surface area contributed by atoms with Gasteiger partial charge in [-0.05, 0) is 44.9 Å². The summed E-state index contributed by atoms with van der Waals surface area (Å²) in [6.07, 6.45) is -4.97. The molecule has 3 N–H and O–H groups in total. The van der Waals surface area contributed by atoms with Crippen molar-refractivity contribution in [3.8, 4) is 6.01 Å². The molecule has 0 spiro atoms. The first-order valence-corrected chi connectivity index (χ1v) is 17.7. The summed E-state index contributed by atoms with van der Waals surface area (Å²) in [7, 11) is 0. The first kappa shape index (κ1) is 35.2. The first-order chi connectivity index (χ1) is 24.6. The van der Waals surface area contributed by atoms with Crippen LogP contribution in [0.4, 0.5) is 33.5 Å². The number of hydrogen-bond acceptors (Lipinski definition) is 10. The number of hydrogen-bond donors (Lipinski definition) is 2. The molecule has 1 aromatic carbocycles. The third-order valence-electron chi connectivity index (χ3n) is 10.9. The number of carbonyl (C=O) groups excluding carboxylic acids is 1. The molecule has 0 unspecified atom stereocenters. The van der Waals surface area contributed by atoms with E-state index in [0.717, 1.165) is 31.5 Å². The molecule has 52 heavy (non-hydrogen) atoms. The number of aryl methyl sites for hydroxylation is 1. The molecule has 3 atom stereocenters. The molecule has 280 valence electrons. The van der Waals surface area contributed by atoms with E-state index in [-0.39, 0.29) is 56.0 Å². The van der Waals surface area contributed by atoms with Gasteiger partial charge in [0.15, 0.2) is 11.5 Å². The number of fused-ring (bicyclic) bond motifs is 3. The summed E-state index contributed by atoms with van der Waals surface area (Å²) in [4.78, 5) is 28.1. The second-order valence-corrected chi connectivity index (χ2v) is 15.2.